The van der Waals surface area contributed by atoms with E-state index in [9.17, 15) is 9.18 Å². The molecule has 1 amide bonds. The van der Waals surface area contributed by atoms with Crippen molar-refractivity contribution in [3.8, 4) is 0 Å². The molecule has 2 aliphatic heterocycles. The molecule has 2 bridgehead atoms. The summed E-state index contributed by atoms with van der Waals surface area (Å²) in [4.78, 5) is 16.8. The van der Waals surface area contributed by atoms with Gasteiger partial charge in [0.05, 0.1) is 25.7 Å². The monoisotopic (exact) mass is 326 g/mol. The van der Waals surface area contributed by atoms with Crippen LogP contribution in [0.25, 0.3) is 0 Å². The molecular weight excluding hydrogens is 307 g/mol. The Balaban J connectivity index is 1.72. The molecule has 4 nitrogen and oxygen atoms in total. The Morgan fingerprint density at radius 2 is 2.18 bits per heavy atom. The molecule has 0 saturated carbocycles. The molecule has 0 spiro atoms. The van der Waals surface area contributed by atoms with E-state index in [1.165, 1.54) is 12.1 Å². The normalized spacial score (nSPS) is 25.9. The summed E-state index contributed by atoms with van der Waals surface area (Å²) >= 11 is 6.02. The molecule has 0 aromatic heterocycles. The zero-order chi connectivity index (χ0) is 15.7. The maximum atomic E-state index is 13.1. The maximum Gasteiger partial charge on any atom is 0.227 e. The molecule has 0 N–H and O–H groups in total. The molecule has 2 atom stereocenters. The molecule has 1 aromatic rings. The first-order valence-corrected chi connectivity index (χ1v) is 7.90. The minimum absolute atomic E-state index is 0.0423. The second-order valence-corrected chi connectivity index (χ2v) is 6.62. The Morgan fingerprint density at radius 1 is 1.36 bits per heavy atom. The first kappa shape index (κ1) is 15.7. The molecule has 3 rings (SSSR count). The number of hydrogen-bond acceptors (Lipinski definition) is 3. The fourth-order valence-corrected chi connectivity index (χ4v) is 3.43. The third-order valence-corrected chi connectivity index (χ3v) is 4.80. The van der Waals surface area contributed by atoms with Crippen LogP contribution in [0.4, 0.5) is 4.39 Å². The fraction of sp³-hybridized carbons (Fsp3) is 0.562. The lowest BCUT2D eigenvalue weighted by Gasteiger charge is -2.30. The summed E-state index contributed by atoms with van der Waals surface area (Å²) < 4.78 is 18.8. The number of carbonyl (C=O) groups is 1. The van der Waals surface area contributed by atoms with Crippen molar-refractivity contribution < 1.29 is 13.9 Å². The minimum Gasteiger partial charge on any atom is -0.379 e. The standard InChI is InChI=1S/C16H20ClFN2O2/c1-19-6-11-7-20(8-14(19)10-22-9-11)16(21)4-12-2-3-13(18)5-15(12)17/h2-3,5,11,14H,4,6-10H2,1H3/t11-,14+/m1/s1. The van der Waals surface area contributed by atoms with Gasteiger partial charge in [0.15, 0.2) is 0 Å². The Bertz CT molecular complexity index is 569. The van der Waals surface area contributed by atoms with E-state index < -0.39 is 0 Å². The third kappa shape index (κ3) is 3.42. The van der Waals surface area contributed by atoms with Crippen molar-refractivity contribution in [1.82, 2.24) is 9.80 Å². The molecule has 2 heterocycles. The molecule has 22 heavy (non-hydrogen) atoms. The number of amides is 1. The summed E-state index contributed by atoms with van der Waals surface area (Å²) in [5.74, 6) is -0.00451. The molecule has 0 aliphatic carbocycles. The van der Waals surface area contributed by atoms with E-state index in [1.54, 1.807) is 6.07 Å². The van der Waals surface area contributed by atoms with Crippen LogP contribution in [0.2, 0.25) is 5.02 Å². The largest absolute Gasteiger partial charge is 0.379 e. The zero-order valence-corrected chi connectivity index (χ0v) is 13.4. The quantitative estimate of drug-likeness (QED) is 0.831. The van der Waals surface area contributed by atoms with Crippen molar-refractivity contribution in [2.75, 3.05) is 39.9 Å². The minimum atomic E-state index is -0.385. The van der Waals surface area contributed by atoms with E-state index in [2.05, 4.69) is 11.9 Å². The van der Waals surface area contributed by atoms with E-state index in [-0.39, 0.29) is 24.2 Å². The Hall–Kier alpha value is -1.17. The number of ether oxygens (including phenoxy) is 1. The molecule has 120 valence electrons. The molecule has 6 heteroatoms. The van der Waals surface area contributed by atoms with Gasteiger partial charge in [-0.1, -0.05) is 17.7 Å². The Labute approximate surface area is 134 Å². The smallest absolute Gasteiger partial charge is 0.227 e. The first-order chi connectivity index (χ1) is 10.5. The van der Waals surface area contributed by atoms with Crippen LogP contribution >= 0.6 is 11.6 Å². The lowest BCUT2D eigenvalue weighted by atomic mass is 10.1. The Kier molecular flexibility index (Phi) is 4.66. The summed E-state index contributed by atoms with van der Waals surface area (Å²) in [5.41, 5.74) is 0.673. The van der Waals surface area contributed by atoms with Gasteiger partial charge in [-0.2, -0.15) is 0 Å². The van der Waals surface area contributed by atoms with Crippen LogP contribution in [0.3, 0.4) is 0 Å². The predicted octanol–water partition coefficient (Wildman–Crippen LogP) is 1.81. The van der Waals surface area contributed by atoms with Gasteiger partial charge in [0, 0.05) is 30.6 Å². The lowest BCUT2D eigenvalue weighted by Crippen LogP contribution is -2.45. The molecule has 1 aromatic carbocycles. The van der Waals surface area contributed by atoms with Crippen LogP contribution in [0.15, 0.2) is 18.2 Å². The van der Waals surface area contributed by atoms with Crippen LogP contribution in [0.5, 0.6) is 0 Å². The van der Waals surface area contributed by atoms with Crippen molar-refractivity contribution in [3.63, 3.8) is 0 Å². The molecule has 2 saturated heterocycles. The van der Waals surface area contributed by atoms with Crippen molar-refractivity contribution >= 4 is 17.5 Å². The van der Waals surface area contributed by atoms with Crippen LogP contribution in [0.1, 0.15) is 5.56 Å². The van der Waals surface area contributed by atoms with Gasteiger partial charge >= 0.3 is 0 Å². The highest BCUT2D eigenvalue weighted by molar-refractivity contribution is 6.31. The van der Waals surface area contributed by atoms with Crippen molar-refractivity contribution in [2.45, 2.75) is 12.5 Å². The summed E-state index contributed by atoms with van der Waals surface area (Å²) in [6.45, 7) is 3.69. The van der Waals surface area contributed by atoms with Gasteiger partial charge in [-0.05, 0) is 24.7 Å². The number of carbonyl (C=O) groups excluding carboxylic acids is 1. The first-order valence-electron chi connectivity index (χ1n) is 7.52. The maximum absolute atomic E-state index is 13.1. The number of hydrogen-bond donors (Lipinski definition) is 0. The van der Waals surface area contributed by atoms with Crippen LogP contribution in [0, 0.1) is 11.7 Å². The number of likely N-dealkylation sites (N-methyl/N-ethyl adjacent to an activating group) is 1. The summed E-state index contributed by atoms with van der Waals surface area (Å²) in [6, 6.07) is 4.42. The second kappa shape index (κ2) is 6.52. The predicted molar refractivity (Wildman–Crippen MR) is 82.4 cm³/mol. The van der Waals surface area contributed by atoms with Gasteiger partial charge in [-0.25, -0.2) is 4.39 Å². The highest BCUT2D eigenvalue weighted by Crippen LogP contribution is 2.21. The highest BCUT2D eigenvalue weighted by Gasteiger charge is 2.33. The average molecular weight is 327 g/mol. The van der Waals surface area contributed by atoms with Gasteiger partial charge in [0.25, 0.3) is 0 Å². The van der Waals surface area contributed by atoms with Gasteiger partial charge in [-0.3, -0.25) is 9.69 Å². The third-order valence-electron chi connectivity index (χ3n) is 4.45. The molecule has 0 radical (unpaired) electrons. The SMILES string of the molecule is CN1C[C@H]2COC[C@@H]1CN(C(=O)Cc1ccc(F)cc1Cl)C2. The molecule has 0 unspecified atom stereocenters. The van der Waals surface area contributed by atoms with Crippen molar-refractivity contribution in [1.29, 1.82) is 0 Å². The van der Waals surface area contributed by atoms with Gasteiger partial charge < -0.3 is 9.64 Å². The summed E-state index contributed by atoms with van der Waals surface area (Å²) in [6.07, 6.45) is 0.211. The summed E-state index contributed by atoms with van der Waals surface area (Å²) in [5, 5.41) is 0.309. The highest BCUT2D eigenvalue weighted by atomic mass is 35.5. The summed E-state index contributed by atoms with van der Waals surface area (Å²) in [7, 11) is 2.08. The Morgan fingerprint density at radius 3 is 2.95 bits per heavy atom. The van der Waals surface area contributed by atoms with Gasteiger partial charge in [0.1, 0.15) is 5.82 Å². The number of benzene rings is 1. The molecule has 2 aliphatic rings. The van der Waals surface area contributed by atoms with Crippen molar-refractivity contribution in [2.24, 2.45) is 5.92 Å². The van der Waals surface area contributed by atoms with E-state index in [0.29, 0.717) is 42.8 Å². The number of nitrogens with zero attached hydrogens (tertiary/aromatic N) is 2. The van der Waals surface area contributed by atoms with Crippen molar-refractivity contribution in [3.05, 3.63) is 34.6 Å². The van der Waals surface area contributed by atoms with Crippen LogP contribution < -0.4 is 0 Å². The number of fused-ring (bicyclic) bond motifs is 3. The van der Waals surface area contributed by atoms with E-state index in [1.807, 2.05) is 4.90 Å². The lowest BCUT2D eigenvalue weighted by molar-refractivity contribution is -0.132. The van der Waals surface area contributed by atoms with E-state index in [4.69, 9.17) is 16.3 Å². The van der Waals surface area contributed by atoms with E-state index in [0.717, 1.165) is 6.54 Å². The number of halogens is 2. The molecule has 2 fully saturated rings. The number of rotatable bonds is 2. The van der Waals surface area contributed by atoms with E-state index >= 15 is 0 Å². The van der Waals surface area contributed by atoms with Crippen LogP contribution in [-0.2, 0) is 16.0 Å². The second-order valence-electron chi connectivity index (χ2n) is 6.21. The molecular formula is C16H20ClFN2O2. The van der Waals surface area contributed by atoms with Gasteiger partial charge in [0.2, 0.25) is 5.91 Å². The topological polar surface area (TPSA) is 32.8 Å². The average Bonchev–Trinajstić information content (AvgIpc) is 2.70. The zero-order valence-electron chi connectivity index (χ0n) is 12.6. The van der Waals surface area contributed by atoms with Gasteiger partial charge in [-0.15, -0.1) is 0 Å². The van der Waals surface area contributed by atoms with Crippen LogP contribution in [-0.4, -0.2) is 61.6 Å². The fourth-order valence-electron chi connectivity index (χ4n) is 3.19.